The van der Waals surface area contributed by atoms with Crippen molar-refractivity contribution in [1.29, 1.82) is 0 Å². The van der Waals surface area contributed by atoms with E-state index in [9.17, 15) is 18.4 Å². The van der Waals surface area contributed by atoms with E-state index in [0.29, 0.717) is 10.3 Å². The van der Waals surface area contributed by atoms with E-state index in [-0.39, 0.29) is 18.8 Å². The van der Waals surface area contributed by atoms with Crippen LogP contribution in [0.1, 0.15) is 23.5 Å². The smallest absolute Gasteiger partial charge is 0.319 e. The minimum atomic E-state index is -2.69. The molecule has 0 saturated carbocycles. The highest BCUT2D eigenvalue weighted by Crippen LogP contribution is 2.14. The molecule has 1 aromatic carbocycles. The Hall–Kier alpha value is -2.77. The van der Waals surface area contributed by atoms with Gasteiger partial charge in [-0.05, 0) is 37.1 Å². The second-order valence-electron chi connectivity index (χ2n) is 5.36. The number of carbonyl (C=O) groups excluding carboxylic acids is 2. The zero-order chi connectivity index (χ0) is 17.7. The monoisotopic (exact) mass is 336 g/mol. The van der Waals surface area contributed by atoms with E-state index in [1.165, 1.54) is 6.20 Å². The van der Waals surface area contributed by atoms with Crippen molar-refractivity contribution in [2.75, 3.05) is 11.9 Å². The van der Waals surface area contributed by atoms with Gasteiger partial charge in [0, 0.05) is 31.0 Å². The Kier molecular flexibility index (Phi) is 5.62. The molecule has 0 fully saturated rings. The normalized spacial score (nSPS) is 10.7. The molecule has 2 amide bonds. The van der Waals surface area contributed by atoms with Crippen LogP contribution in [0.4, 0.5) is 14.5 Å². The average Bonchev–Trinajstić information content (AvgIpc) is 2.94. The SMILES string of the molecule is Cc1cc(C)cc(NC(=O)C(=O)NCCc2nccn2C(F)F)c1. The molecule has 0 aliphatic carbocycles. The molecule has 0 aliphatic heterocycles. The number of amides is 2. The van der Waals surface area contributed by atoms with Crippen LogP contribution < -0.4 is 10.6 Å². The van der Waals surface area contributed by atoms with E-state index >= 15 is 0 Å². The third-order valence-corrected chi connectivity index (χ3v) is 3.28. The van der Waals surface area contributed by atoms with Crippen molar-refractivity contribution in [2.45, 2.75) is 26.8 Å². The summed E-state index contributed by atoms with van der Waals surface area (Å²) in [5.41, 5.74) is 2.45. The number of imidazole rings is 1. The summed E-state index contributed by atoms with van der Waals surface area (Å²) in [4.78, 5) is 27.4. The van der Waals surface area contributed by atoms with Crippen LogP contribution in [-0.4, -0.2) is 27.9 Å². The maximum atomic E-state index is 12.7. The van der Waals surface area contributed by atoms with Crippen molar-refractivity contribution in [2.24, 2.45) is 0 Å². The molecule has 0 unspecified atom stereocenters. The van der Waals surface area contributed by atoms with Crippen LogP contribution in [0.3, 0.4) is 0 Å². The van der Waals surface area contributed by atoms with Gasteiger partial charge >= 0.3 is 18.4 Å². The maximum Gasteiger partial charge on any atom is 0.319 e. The molecule has 2 rings (SSSR count). The third kappa shape index (κ3) is 4.61. The third-order valence-electron chi connectivity index (χ3n) is 3.28. The predicted molar refractivity (Wildman–Crippen MR) is 84.7 cm³/mol. The first-order valence-electron chi connectivity index (χ1n) is 7.34. The van der Waals surface area contributed by atoms with Gasteiger partial charge < -0.3 is 10.6 Å². The molecule has 6 nitrogen and oxygen atoms in total. The molecule has 1 aromatic heterocycles. The number of alkyl halides is 2. The van der Waals surface area contributed by atoms with Gasteiger partial charge in [0.2, 0.25) is 0 Å². The lowest BCUT2D eigenvalue weighted by atomic mass is 10.1. The van der Waals surface area contributed by atoms with Gasteiger partial charge in [-0.1, -0.05) is 6.07 Å². The van der Waals surface area contributed by atoms with E-state index < -0.39 is 18.4 Å². The Morgan fingerprint density at radius 1 is 1.17 bits per heavy atom. The van der Waals surface area contributed by atoms with Crippen molar-refractivity contribution in [1.82, 2.24) is 14.9 Å². The number of aromatic nitrogens is 2. The maximum absolute atomic E-state index is 12.7. The first-order chi connectivity index (χ1) is 11.4. The van der Waals surface area contributed by atoms with E-state index in [4.69, 9.17) is 0 Å². The number of nitrogens with zero attached hydrogens (tertiary/aromatic N) is 2. The summed E-state index contributed by atoms with van der Waals surface area (Å²) < 4.78 is 26.0. The van der Waals surface area contributed by atoms with Crippen LogP contribution >= 0.6 is 0 Å². The molecule has 0 bridgehead atoms. The lowest BCUT2D eigenvalue weighted by Gasteiger charge is -2.09. The molecule has 0 spiro atoms. The van der Waals surface area contributed by atoms with Gasteiger partial charge in [-0.2, -0.15) is 8.78 Å². The highest BCUT2D eigenvalue weighted by molar-refractivity contribution is 6.39. The van der Waals surface area contributed by atoms with Gasteiger partial charge in [0.25, 0.3) is 0 Å². The zero-order valence-corrected chi connectivity index (χ0v) is 13.3. The minimum Gasteiger partial charge on any atom is -0.347 e. The summed E-state index contributed by atoms with van der Waals surface area (Å²) in [7, 11) is 0. The molecular formula is C16H18F2N4O2. The Balaban J connectivity index is 1.85. The minimum absolute atomic E-state index is 0.0306. The fourth-order valence-corrected chi connectivity index (χ4v) is 2.32. The second-order valence-corrected chi connectivity index (χ2v) is 5.36. The van der Waals surface area contributed by atoms with Gasteiger partial charge in [-0.3, -0.25) is 14.2 Å². The highest BCUT2D eigenvalue weighted by atomic mass is 19.3. The standard InChI is InChI=1S/C16H18F2N4O2/c1-10-7-11(2)9-12(8-10)21-15(24)14(23)20-4-3-13-19-5-6-22(13)16(17)18/h5-9,16H,3-4H2,1-2H3,(H,20,23)(H,21,24). The molecule has 0 saturated heterocycles. The lowest BCUT2D eigenvalue weighted by molar-refractivity contribution is -0.136. The zero-order valence-electron chi connectivity index (χ0n) is 13.3. The fraction of sp³-hybridized carbons (Fsp3) is 0.312. The highest BCUT2D eigenvalue weighted by Gasteiger charge is 2.15. The van der Waals surface area contributed by atoms with E-state index in [2.05, 4.69) is 15.6 Å². The number of aryl methyl sites for hydroxylation is 2. The predicted octanol–water partition coefficient (Wildman–Crippen LogP) is 2.19. The quantitative estimate of drug-likeness (QED) is 0.822. The summed E-state index contributed by atoms with van der Waals surface area (Å²) in [6.45, 7) is 1.11. The Morgan fingerprint density at radius 2 is 1.83 bits per heavy atom. The molecule has 0 aliphatic rings. The fourth-order valence-electron chi connectivity index (χ4n) is 2.32. The van der Waals surface area contributed by atoms with E-state index in [1.54, 1.807) is 12.1 Å². The summed E-state index contributed by atoms with van der Waals surface area (Å²) in [5, 5.41) is 4.89. The van der Waals surface area contributed by atoms with Crippen molar-refractivity contribution in [3.8, 4) is 0 Å². The number of hydrogen-bond donors (Lipinski definition) is 2. The largest absolute Gasteiger partial charge is 0.347 e. The van der Waals surface area contributed by atoms with Gasteiger partial charge in [0.15, 0.2) is 0 Å². The Labute approximate surface area is 137 Å². The van der Waals surface area contributed by atoms with Crippen molar-refractivity contribution in [3.05, 3.63) is 47.5 Å². The summed E-state index contributed by atoms with van der Waals surface area (Å²) >= 11 is 0. The summed E-state index contributed by atoms with van der Waals surface area (Å²) in [6.07, 6.45) is 2.52. The van der Waals surface area contributed by atoms with E-state index in [0.717, 1.165) is 17.3 Å². The van der Waals surface area contributed by atoms with Gasteiger partial charge in [-0.15, -0.1) is 0 Å². The van der Waals surface area contributed by atoms with Gasteiger partial charge in [0.05, 0.1) is 0 Å². The average molecular weight is 336 g/mol. The molecule has 128 valence electrons. The van der Waals surface area contributed by atoms with Crippen LogP contribution in [0.25, 0.3) is 0 Å². The number of anilines is 1. The molecule has 0 atom stereocenters. The number of benzene rings is 1. The van der Waals surface area contributed by atoms with E-state index in [1.807, 2.05) is 19.9 Å². The summed E-state index contributed by atoms with van der Waals surface area (Å²) in [6, 6.07) is 5.44. The molecular weight excluding hydrogens is 318 g/mol. The van der Waals surface area contributed by atoms with Crippen LogP contribution in [0, 0.1) is 13.8 Å². The molecule has 2 N–H and O–H groups in total. The molecule has 8 heteroatoms. The number of hydrogen-bond acceptors (Lipinski definition) is 3. The van der Waals surface area contributed by atoms with Gasteiger partial charge in [-0.25, -0.2) is 4.98 Å². The van der Waals surface area contributed by atoms with Gasteiger partial charge in [0.1, 0.15) is 5.82 Å². The Morgan fingerprint density at radius 3 is 2.46 bits per heavy atom. The number of halogens is 2. The number of carbonyl (C=O) groups is 2. The molecule has 0 radical (unpaired) electrons. The number of rotatable bonds is 5. The van der Waals surface area contributed by atoms with Crippen molar-refractivity contribution < 1.29 is 18.4 Å². The van der Waals surface area contributed by atoms with Crippen LogP contribution in [0.5, 0.6) is 0 Å². The molecule has 24 heavy (non-hydrogen) atoms. The first kappa shape index (κ1) is 17.6. The molecule has 2 aromatic rings. The summed E-state index contributed by atoms with van der Waals surface area (Å²) in [5.74, 6) is -1.50. The number of nitrogens with one attached hydrogen (secondary N) is 2. The van der Waals surface area contributed by atoms with Crippen LogP contribution in [0.2, 0.25) is 0 Å². The topological polar surface area (TPSA) is 76.0 Å². The van der Waals surface area contributed by atoms with Crippen LogP contribution in [0.15, 0.2) is 30.6 Å². The van der Waals surface area contributed by atoms with Crippen LogP contribution in [-0.2, 0) is 16.0 Å². The lowest BCUT2D eigenvalue weighted by Crippen LogP contribution is -2.36. The van der Waals surface area contributed by atoms with Crippen molar-refractivity contribution >= 4 is 17.5 Å². The second kappa shape index (κ2) is 7.67. The molecule has 1 heterocycles. The first-order valence-corrected chi connectivity index (χ1v) is 7.34. The van der Waals surface area contributed by atoms with Crippen molar-refractivity contribution in [3.63, 3.8) is 0 Å². The Bertz CT molecular complexity index is 723.